The lowest BCUT2D eigenvalue weighted by Crippen LogP contribution is -2.48. The molecule has 1 aliphatic heterocycles. The Balaban J connectivity index is 1.84. The second kappa shape index (κ2) is 7.87. The quantitative estimate of drug-likeness (QED) is 0.664. The molecule has 0 aliphatic carbocycles. The second-order valence-corrected chi connectivity index (χ2v) is 6.36. The Morgan fingerprint density at radius 1 is 1.52 bits per heavy atom. The van der Waals surface area contributed by atoms with Gasteiger partial charge in [-0.1, -0.05) is 0 Å². The van der Waals surface area contributed by atoms with Gasteiger partial charge in [0.1, 0.15) is 11.9 Å². The molecule has 0 radical (unpaired) electrons. The van der Waals surface area contributed by atoms with Crippen LogP contribution < -0.4 is 5.32 Å². The van der Waals surface area contributed by atoms with Gasteiger partial charge in [-0.15, -0.1) is 0 Å². The number of aromatic nitrogens is 2. The van der Waals surface area contributed by atoms with Crippen molar-refractivity contribution in [1.82, 2.24) is 14.7 Å². The van der Waals surface area contributed by atoms with Gasteiger partial charge < -0.3 is 20.3 Å². The number of rotatable bonds is 6. The molecule has 0 spiro atoms. The third-order valence-corrected chi connectivity index (χ3v) is 3.88. The highest BCUT2D eigenvalue weighted by molar-refractivity contribution is 5.91. The molecule has 3 N–H and O–H groups in total. The summed E-state index contributed by atoms with van der Waals surface area (Å²) in [5, 5.41) is 26.6. The molecule has 8 nitrogen and oxygen atoms in total. The summed E-state index contributed by atoms with van der Waals surface area (Å²) in [5.74, 6) is 0.300. The Labute approximate surface area is 136 Å². The molecular weight excluding hydrogens is 300 g/mol. The van der Waals surface area contributed by atoms with Gasteiger partial charge in [-0.2, -0.15) is 5.10 Å². The number of ether oxygens (including phenoxy) is 1. The molecule has 1 saturated heterocycles. The third kappa shape index (κ3) is 4.74. The predicted molar refractivity (Wildman–Crippen MR) is 85.1 cm³/mol. The van der Waals surface area contributed by atoms with E-state index in [9.17, 15) is 15.0 Å². The molecule has 1 aliphatic rings. The average molecular weight is 326 g/mol. The van der Waals surface area contributed by atoms with Gasteiger partial charge in [0, 0.05) is 24.6 Å². The van der Waals surface area contributed by atoms with Crippen LogP contribution in [0.1, 0.15) is 19.9 Å². The molecule has 2 heterocycles. The van der Waals surface area contributed by atoms with Crippen LogP contribution in [-0.4, -0.2) is 76.4 Å². The van der Waals surface area contributed by atoms with Crippen LogP contribution in [0.2, 0.25) is 0 Å². The first kappa shape index (κ1) is 17.9. The van der Waals surface area contributed by atoms with Crippen LogP contribution in [0.25, 0.3) is 0 Å². The van der Waals surface area contributed by atoms with Crippen molar-refractivity contribution < 1.29 is 19.7 Å². The summed E-state index contributed by atoms with van der Waals surface area (Å²) in [6.45, 7) is 5.16. The van der Waals surface area contributed by atoms with E-state index in [2.05, 4.69) is 10.4 Å². The van der Waals surface area contributed by atoms with E-state index < -0.39 is 12.2 Å². The molecule has 0 unspecified atom stereocenters. The Morgan fingerprint density at radius 2 is 2.26 bits per heavy atom. The summed E-state index contributed by atoms with van der Waals surface area (Å²) in [6, 6.07) is 1.92. The van der Waals surface area contributed by atoms with Crippen molar-refractivity contribution in [2.75, 3.05) is 38.7 Å². The number of amides is 1. The highest BCUT2D eigenvalue weighted by atomic mass is 16.5. The first-order valence-corrected chi connectivity index (χ1v) is 7.84. The number of nitrogens with one attached hydrogen (secondary N) is 1. The van der Waals surface area contributed by atoms with Crippen LogP contribution in [-0.2, 0) is 9.53 Å². The number of hydrogen-bond acceptors (Lipinski definition) is 6. The maximum atomic E-state index is 12.1. The Hall–Kier alpha value is -1.48. The van der Waals surface area contributed by atoms with Gasteiger partial charge >= 0.3 is 0 Å². The lowest BCUT2D eigenvalue weighted by Gasteiger charge is -2.34. The topological polar surface area (TPSA) is 99.9 Å². The highest BCUT2D eigenvalue weighted by Crippen LogP contribution is 2.17. The van der Waals surface area contributed by atoms with Crippen molar-refractivity contribution in [2.45, 2.75) is 32.1 Å². The molecule has 1 aromatic rings. The minimum Gasteiger partial charge on any atom is -0.390 e. The van der Waals surface area contributed by atoms with Gasteiger partial charge in [-0.3, -0.25) is 9.69 Å². The van der Waals surface area contributed by atoms with Gasteiger partial charge in [-0.25, -0.2) is 4.68 Å². The number of aliphatic hydroxyl groups excluding tert-OH is 2. The fourth-order valence-corrected chi connectivity index (χ4v) is 2.73. The summed E-state index contributed by atoms with van der Waals surface area (Å²) in [4.78, 5) is 14.0. The molecule has 23 heavy (non-hydrogen) atoms. The standard InChI is InChI=1S/C15H26N4O4/c1-10(2)19-13(4-5-16-19)17-14(21)7-18(3)6-11-8-23-9-12(20)15(11)22/h4-5,10-12,15,20,22H,6-9H2,1-3H3,(H,17,21)/t11-,12-,15+/m1/s1. The first-order chi connectivity index (χ1) is 10.9. The van der Waals surface area contributed by atoms with Crippen LogP contribution >= 0.6 is 0 Å². The molecule has 1 aromatic heterocycles. The fraction of sp³-hybridized carbons (Fsp3) is 0.733. The summed E-state index contributed by atoms with van der Waals surface area (Å²) >= 11 is 0. The normalized spacial score (nSPS) is 25.1. The van der Waals surface area contributed by atoms with Gasteiger partial charge in [0.25, 0.3) is 0 Å². The predicted octanol–water partition coefficient (Wildman–Crippen LogP) is -0.297. The Morgan fingerprint density at radius 3 is 2.96 bits per heavy atom. The van der Waals surface area contributed by atoms with Crippen LogP contribution in [0.4, 0.5) is 5.82 Å². The minimum absolute atomic E-state index is 0.151. The maximum Gasteiger partial charge on any atom is 0.239 e. The van der Waals surface area contributed by atoms with E-state index in [0.29, 0.717) is 19.0 Å². The van der Waals surface area contributed by atoms with E-state index in [1.165, 1.54) is 0 Å². The SMILES string of the molecule is CC(C)n1nccc1NC(=O)CN(C)C[C@@H]1COC[C@@H](O)[C@H]1O. The molecule has 8 heteroatoms. The van der Waals surface area contributed by atoms with Crippen LogP contribution in [0, 0.1) is 5.92 Å². The van der Waals surface area contributed by atoms with Crippen LogP contribution in [0.3, 0.4) is 0 Å². The van der Waals surface area contributed by atoms with E-state index in [1.54, 1.807) is 28.9 Å². The summed E-state index contributed by atoms with van der Waals surface area (Å²) in [6.07, 6.45) is -0.0378. The smallest absolute Gasteiger partial charge is 0.239 e. The first-order valence-electron chi connectivity index (χ1n) is 7.84. The number of nitrogens with zero attached hydrogens (tertiary/aromatic N) is 3. The molecule has 0 bridgehead atoms. The fourth-order valence-electron chi connectivity index (χ4n) is 2.73. The Kier molecular flexibility index (Phi) is 6.11. The van der Waals surface area contributed by atoms with Crippen LogP contribution in [0.5, 0.6) is 0 Å². The molecule has 1 fully saturated rings. The molecular formula is C15H26N4O4. The zero-order valence-corrected chi connectivity index (χ0v) is 13.8. The van der Waals surface area contributed by atoms with Gasteiger partial charge in [-0.05, 0) is 20.9 Å². The summed E-state index contributed by atoms with van der Waals surface area (Å²) < 4.78 is 6.99. The van der Waals surface area contributed by atoms with E-state index in [-0.39, 0.29) is 31.0 Å². The molecule has 2 rings (SSSR count). The van der Waals surface area contributed by atoms with Crippen molar-refractivity contribution in [2.24, 2.45) is 5.92 Å². The van der Waals surface area contributed by atoms with Crippen LogP contribution in [0.15, 0.2) is 12.3 Å². The maximum absolute atomic E-state index is 12.1. The van der Waals surface area contributed by atoms with Gasteiger partial charge in [0.05, 0.1) is 32.1 Å². The second-order valence-electron chi connectivity index (χ2n) is 6.36. The number of carbonyl (C=O) groups excluding carboxylic acids is 1. The van der Waals surface area contributed by atoms with Crippen molar-refractivity contribution in [3.8, 4) is 0 Å². The number of likely N-dealkylation sites (N-methyl/N-ethyl adjacent to an activating group) is 1. The number of anilines is 1. The molecule has 130 valence electrons. The monoisotopic (exact) mass is 326 g/mol. The zero-order valence-electron chi connectivity index (χ0n) is 13.8. The lowest BCUT2D eigenvalue weighted by atomic mass is 9.96. The number of carbonyl (C=O) groups is 1. The summed E-state index contributed by atoms with van der Waals surface area (Å²) in [5.41, 5.74) is 0. The molecule has 1 amide bonds. The number of aliphatic hydroxyl groups is 2. The highest BCUT2D eigenvalue weighted by Gasteiger charge is 2.32. The average Bonchev–Trinajstić information content (AvgIpc) is 2.92. The van der Waals surface area contributed by atoms with Gasteiger partial charge in [0.2, 0.25) is 5.91 Å². The van der Waals surface area contributed by atoms with E-state index in [4.69, 9.17) is 4.74 Å². The van der Waals surface area contributed by atoms with Crippen molar-refractivity contribution >= 4 is 11.7 Å². The summed E-state index contributed by atoms with van der Waals surface area (Å²) in [7, 11) is 1.80. The van der Waals surface area contributed by atoms with E-state index in [0.717, 1.165) is 0 Å². The lowest BCUT2D eigenvalue weighted by molar-refractivity contribution is -0.127. The minimum atomic E-state index is -0.864. The Bertz CT molecular complexity index is 519. The number of hydrogen-bond donors (Lipinski definition) is 3. The van der Waals surface area contributed by atoms with E-state index >= 15 is 0 Å². The largest absolute Gasteiger partial charge is 0.390 e. The van der Waals surface area contributed by atoms with Crippen molar-refractivity contribution in [1.29, 1.82) is 0 Å². The molecule has 0 saturated carbocycles. The molecule has 0 aromatic carbocycles. The zero-order chi connectivity index (χ0) is 17.0. The molecule has 3 atom stereocenters. The van der Waals surface area contributed by atoms with Crippen molar-refractivity contribution in [3.63, 3.8) is 0 Å². The third-order valence-electron chi connectivity index (χ3n) is 3.88. The van der Waals surface area contributed by atoms with Gasteiger partial charge in [0.15, 0.2) is 0 Å². The van der Waals surface area contributed by atoms with Crippen molar-refractivity contribution in [3.05, 3.63) is 12.3 Å². The van der Waals surface area contributed by atoms with E-state index in [1.807, 2.05) is 13.8 Å².